The second kappa shape index (κ2) is 5.74. The van der Waals surface area contributed by atoms with Crippen molar-refractivity contribution in [3.63, 3.8) is 0 Å². The zero-order chi connectivity index (χ0) is 11.2. The van der Waals surface area contributed by atoms with E-state index < -0.39 is 0 Å². The van der Waals surface area contributed by atoms with E-state index >= 15 is 0 Å². The van der Waals surface area contributed by atoms with E-state index in [1.54, 1.807) is 7.11 Å². The summed E-state index contributed by atoms with van der Waals surface area (Å²) in [6.45, 7) is 0. The molecule has 1 unspecified atom stereocenters. The smallest absolute Gasteiger partial charge is 0.122 e. The summed E-state index contributed by atoms with van der Waals surface area (Å²) in [6, 6.07) is 8.36. The Morgan fingerprint density at radius 2 is 2.12 bits per heavy atom. The molecule has 0 saturated heterocycles. The van der Waals surface area contributed by atoms with Gasteiger partial charge in [-0.25, -0.2) is 0 Å². The van der Waals surface area contributed by atoms with Crippen molar-refractivity contribution >= 4 is 0 Å². The first kappa shape index (κ1) is 11.3. The fourth-order valence-electron chi connectivity index (χ4n) is 2.38. The van der Waals surface area contributed by atoms with Crippen LogP contribution in [0.3, 0.4) is 0 Å². The average Bonchev–Trinajstić information content (AvgIpc) is 2.58. The van der Waals surface area contributed by atoms with Gasteiger partial charge < -0.3 is 4.74 Å². The quantitative estimate of drug-likeness (QED) is 0.694. The number of methoxy groups -OCH3 is 1. The summed E-state index contributed by atoms with van der Waals surface area (Å²) in [5.41, 5.74) is 1.33. The highest BCUT2D eigenvalue weighted by molar-refractivity contribution is 5.33. The van der Waals surface area contributed by atoms with Crippen LogP contribution in [-0.4, -0.2) is 7.11 Å². The molecule has 0 bridgehead atoms. The highest BCUT2D eigenvalue weighted by Crippen LogP contribution is 2.25. The fourth-order valence-corrected chi connectivity index (χ4v) is 2.38. The van der Waals surface area contributed by atoms with E-state index in [2.05, 4.69) is 30.4 Å². The minimum absolute atomic E-state index is 0.693. The Morgan fingerprint density at radius 1 is 1.25 bits per heavy atom. The zero-order valence-electron chi connectivity index (χ0n) is 9.99. The molecule has 1 nitrogen and oxygen atoms in total. The molecule has 1 atom stereocenters. The molecule has 1 aromatic carbocycles. The lowest BCUT2D eigenvalue weighted by Gasteiger charge is -2.13. The lowest BCUT2D eigenvalue weighted by Crippen LogP contribution is -2.02. The van der Waals surface area contributed by atoms with Crippen LogP contribution >= 0.6 is 0 Å². The standard InChI is InChI=1S/C15H20O/c1-16-15-11-7-6-10-14(15)12-13-8-4-2-3-5-9-13/h4,6-8,10-11,13H,2-3,5,9,12H2,1H3. The summed E-state index contributed by atoms with van der Waals surface area (Å²) in [7, 11) is 1.75. The maximum atomic E-state index is 5.39. The Labute approximate surface area is 98.1 Å². The van der Waals surface area contributed by atoms with Crippen LogP contribution in [0.5, 0.6) is 5.75 Å². The maximum Gasteiger partial charge on any atom is 0.122 e. The summed E-state index contributed by atoms with van der Waals surface area (Å²) in [5.74, 6) is 1.72. The molecule has 0 amide bonds. The third-order valence-electron chi connectivity index (χ3n) is 3.28. The maximum absolute atomic E-state index is 5.39. The summed E-state index contributed by atoms with van der Waals surface area (Å²) < 4.78 is 5.39. The molecule has 1 aliphatic carbocycles. The first-order valence-corrected chi connectivity index (χ1v) is 6.18. The van der Waals surface area contributed by atoms with Gasteiger partial charge in [-0.15, -0.1) is 0 Å². The predicted molar refractivity (Wildman–Crippen MR) is 67.8 cm³/mol. The molecule has 86 valence electrons. The normalized spacial score (nSPS) is 20.4. The van der Waals surface area contributed by atoms with E-state index in [1.807, 2.05) is 6.07 Å². The van der Waals surface area contributed by atoms with Crippen molar-refractivity contribution in [3.8, 4) is 5.75 Å². The van der Waals surface area contributed by atoms with E-state index in [1.165, 1.54) is 31.2 Å². The van der Waals surface area contributed by atoms with Crippen molar-refractivity contribution in [3.05, 3.63) is 42.0 Å². The molecule has 0 N–H and O–H groups in total. The molecule has 2 rings (SSSR count). The van der Waals surface area contributed by atoms with Crippen molar-refractivity contribution in [2.75, 3.05) is 7.11 Å². The molecule has 0 fully saturated rings. The van der Waals surface area contributed by atoms with E-state index in [0.29, 0.717) is 5.92 Å². The van der Waals surface area contributed by atoms with Gasteiger partial charge in [0.1, 0.15) is 5.75 Å². The third kappa shape index (κ3) is 2.88. The first-order valence-electron chi connectivity index (χ1n) is 6.18. The van der Waals surface area contributed by atoms with Gasteiger partial charge in [-0.05, 0) is 43.2 Å². The number of ether oxygens (including phenoxy) is 1. The molecule has 1 aromatic rings. The second-order valence-corrected chi connectivity index (χ2v) is 4.49. The van der Waals surface area contributed by atoms with Crippen LogP contribution in [0.1, 0.15) is 31.2 Å². The van der Waals surface area contributed by atoms with Crippen molar-refractivity contribution in [2.24, 2.45) is 5.92 Å². The molecule has 0 saturated carbocycles. The van der Waals surface area contributed by atoms with Gasteiger partial charge >= 0.3 is 0 Å². The Kier molecular flexibility index (Phi) is 4.03. The van der Waals surface area contributed by atoms with Gasteiger partial charge in [-0.3, -0.25) is 0 Å². The number of para-hydroxylation sites is 1. The van der Waals surface area contributed by atoms with E-state index in [0.717, 1.165) is 12.2 Å². The van der Waals surface area contributed by atoms with E-state index in [-0.39, 0.29) is 0 Å². The van der Waals surface area contributed by atoms with Crippen LogP contribution in [0.4, 0.5) is 0 Å². The molecule has 1 aliphatic rings. The topological polar surface area (TPSA) is 9.23 Å². The Bertz CT molecular complexity index is 354. The number of hydrogen-bond donors (Lipinski definition) is 0. The molecule has 0 spiro atoms. The van der Waals surface area contributed by atoms with Gasteiger partial charge in [-0.2, -0.15) is 0 Å². The van der Waals surface area contributed by atoms with E-state index in [9.17, 15) is 0 Å². The number of benzene rings is 1. The SMILES string of the molecule is COc1ccccc1CC1C=CCCCC1. The Morgan fingerprint density at radius 3 is 3.00 bits per heavy atom. The minimum Gasteiger partial charge on any atom is -0.496 e. The fraction of sp³-hybridized carbons (Fsp3) is 0.467. The van der Waals surface area contributed by atoms with Crippen molar-refractivity contribution in [1.29, 1.82) is 0 Å². The van der Waals surface area contributed by atoms with Crippen molar-refractivity contribution < 1.29 is 4.74 Å². The van der Waals surface area contributed by atoms with Gasteiger partial charge in [-0.1, -0.05) is 36.8 Å². The molecular formula is C15H20O. The lowest BCUT2D eigenvalue weighted by atomic mass is 9.95. The molecule has 0 aliphatic heterocycles. The Hall–Kier alpha value is -1.24. The zero-order valence-corrected chi connectivity index (χ0v) is 9.99. The monoisotopic (exact) mass is 216 g/mol. The van der Waals surface area contributed by atoms with E-state index in [4.69, 9.17) is 4.74 Å². The van der Waals surface area contributed by atoms with Crippen LogP contribution in [0.25, 0.3) is 0 Å². The van der Waals surface area contributed by atoms with Crippen molar-refractivity contribution in [1.82, 2.24) is 0 Å². The van der Waals surface area contributed by atoms with Crippen LogP contribution in [0.2, 0.25) is 0 Å². The third-order valence-corrected chi connectivity index (χ3v) is 3.28. The van der Waals surface area contributed by atoms with Gasteiger partial charge in [0.25, 0.3) is 0 Å². The molecule has 1 heteroatoms. The van der Waals surface area contributed by atoms with Gasteiger partial charge in [0, 0.05) is 0 Å². The molecule has 0 heterocycles. The summed E-state index contributed by atoms with van der Waals surface area (Å²) >= 11 is 0. The number of rotatable bonds is 3. The minimum atomic E-state index is 0.693. The summed E-state index contributed by atoms with van der Waals surface area (Å²) in [5, 5.41) is 0. The average molecular weight is 216 g/mol. The first-order chi connectivity index (χ1) is 7.90. The highest BCUT2D eigenvalue weighted by Gasteiger charge is 2.11. The lowest BCUT2D eigenvalue weighted by molar-refractivity contribution is 0.406. The van der Waals surface area contributed by atoms with Gasteiger partial charge in [0.15, 0.2) is 0 Å². The predicted octanol–water partition coefficient (Wildman–Crippen LogP) is 3.98. The van der Waals surface area contributed by atoms with Crippen LogP contribution in [-0.2, 0) is 6.42 Å². The Balaban J connectivity index is 2.07. The van der Waals surface area contributed by atoms with Crippen molar-refractivity contribution in [2.45, 2.75) is 32.1 Å². The highest BCUT2D eigenvalue weighted by atomic mass is 16.5. The van der Waals surface area contributed by atoms with Gasteiger partial charge in [0.2, 0.25) is 0 Å². The molecule has 16 heavy (non-hydrogen) atoms. The number of allylic oxidation sites excluding steroid dienone is 2. The van der Waals surface area contributed by atoms with Gasteiger partial charge in [0.05, 0.1) is 7.11 Å². The molecule has 0 aromatic heterocycles. The van der Waals surface area contributed by atoms with Crippen LogP contribution < -0.4 is 4.74 Å². The molecular weight excluding hydrogens is 196 g/mol. The summed E-state index contributed by atoms with van der Waals surface area (Å²) in [4.78, 5) is 0. The van der Waals surface area contributed by atoms with Crippen LogP contribution in [0, 0.1) is 5.92 Å². The van der Waals surface area contributed by atoms with Crippen LogP contribution in [0.15, 0.2) is 36.4 Å². The number of hydrogen-bond acceptors (Lipinski definition) is 1. The summed E-state index contributed by atoms with van der Waals surface area (Å²) in [6.07, 6.45) is 11.1. The largest absolute Gasteiger partial charge is 0.496 e. The molecule has 0 radical (unpaired) electrons. The second-order valence-electron chi connectivity index (χ2n) is 4.49.